The van der Waals surface area contributed by atoms with Gasteiger partial charge in [0.1, 0.15) is 12.2 Å². The molecule has 0 aliphatic carbocycles. The van der Waals surface area contributed by atoms with Crippen LogP contribution in [-0.2, 0) is 7.05 Å². The van der Waals surface area contributed by atoms with Gasteiger partial charge in [-0.1, -0.05) is 6.92 Å². The number of anilines is 1. The molecule has 0 fully saturated rings. The van der Waals surface area contributed by atoms with E-state index in [-0.39, 0.29) is 5.92 Å². The molecule has 96 valence electrons. The van der Waals surface area contributed by atoms with Gasteiger partial charge in [0.05, 0.1) is 15.9 Å². The zero-order chi connectivity index (χ0) is 13.1. The minimum absolute atomic E-state index is 0.290. The van der Waals surface area contributed by atoms with E-state index in [2.05, 4.69) is 43.4 Å². The predicted molar refractivity (Wildman–Crippen MR) is 74.6 cm³/mol. The van der Waals surface area contributed by atoms with Crippen molar-refractivity contribution >= 4 is 21.6 Å². The zero-order valence-corrected chi connectivity index (χ0v) is 12.3. The molecule has 0 saturated carbocycles. The molecule has 1 unspecified atom stereocenters. The van der Waals surface area contributed by atoms with Gasteiger partial charge in [-0.3, -0.25) is 4.98 Å². The number of pyridine rings is 1. The second kappa shape index (κ2) is 5.48. The van der Waals surface area contributed by atoms with Crippen LogP contribution < -0.4 is 5.32 Å². The summed E-state index contributed by atoms with van der Waals surface area (Å²) in [5.41, 5.74) is 2.03. The molecule has 0 radical (unpaired) electrons. The fourth-order valence-corrected chi connectivity index (χ4v) is 2.15. The fourth-order valence-electron chi connectivity index (χ4n) is 1.78. The lowest BCUT2D eigenvalue weighted by Gasteiger charge is -2.14. The minimum Gasteiger partial charge on any atom is -0.383 e. The van der Waals surface area contributed by atoms with Crippen molar-refractivity contribution in [2.24, 2.45) is 7.05 Å². The molecule has 1 N–H and O–H groups in total. The minimum atomic E-state index is 0.290. The van der Waals surface area contributed by atoms with Crippen LogP contribution in [0.25, 0.3) is 0 Å². The first-order chi connectivity index (χ1) is 8.59. The maximum absolute atomic E-state index is 4.22. The third kappa shape index (κ3) is 2.69. The molecule has 5 nitrogen and oxygen atoms in total. The highest BCUT2D eigenvalue weighted by Gasteiger charge is 2.12. The quantitative estimate of drug-likeness (QED) is 0.943. The van der Waals surface area contributed by atoms with E-state index in [0.29, 0.717) is 0 Å². The largest absolute Gasteiger partial charge is 0.383 e. The Hall–Kier alpha value is -1.43. The highest BCUT2D eigenvalue weighted by molar-refractivity contribution is 9.10. The number of hydrogen-bond donors (Lipinski definition) is 1. The molecule has 6 heteroatoms. The fraction of sp³-hybridized carbons (Fsp3) is 0.417. The van der Waals surface area contributed by atoms with Gasteiger partial charge in [0, 0.05) is 25.7 Å². The number of aromatic nitrogens is 4. The smallest absolute Gasteiger partial charge is 0.137 e. The van der Waals surface area contributed by atoms with Crippen LogP contribution in [-0.4, -0.2) is 26.3 Å². The van der Waals surface area contributed by atoms with E-state index in [9.17, 15) is 0 Å². The van der Waals surface area contributed by atoms with Gasteiger partial charge >= 0.3 is 0 Å². The average Bonchev–Trinajstić information content (AvgIpc) is 2.77. The van der Waals surface area contributed by atoms with Gasteiger partial charge in [-0.05, 0) is 28.9 Å². The molecule has 0 aliphatic heterocycles. The summed E-state index contributed by atoms with van der Waals surface area (Å²) in [5.74, 6) is 1.27. The van der Waals surface area contributed by atoms with E-state index in [1.807, 2.05) is 24.6 Å². The van der Waals surface area contributed by atoms with Crippen molar-refractivity contribution in [3.63, 3.8) is 0 Å². The summed E-state index contributed by atoms with van der Waals surface area (Å²) in [6.07, 6.45) is 3.52. The molecule has 0 aromatic carbocycles. The van der Waals surface area contributed by atoms with Crippen molar-refractivity contribution in [1.82, 2.24) is 19.7 Å². The van der Waals surface area contributed by atoms with Crippen molar-refractivity contribution in [2.45, 2.75) is 19.8 Å². The third-order valence-electron chi connectivity index (χ3n) is 2.85. The van der Waals surface area contributed by atoms with Crippen LogP contribution >= 0.6 is 15.9 Å². The Balaban J connectivity index is 2.04. The van der Waals surface area contributed by atoms with Crippen LogP contribution in [0.3, 0.4) is 0 Å². The lowest BCUT2D eigenvalue weighted by atomic mass is 10.1. The van der Waals surface area contributed by atoms with Crippen LogP contribution in [0.4, 0.5) is 5.69 Å². The molecule has 2 aromatic rings. The van der Waals surface area contributed by atoms with Gasteiger partial charge in [0.15, 0.2) is 0 Å². The Morgan fingerprint density at radius 3 is 2.94 bits per heavy atom. The Morgan fingerprint density at radius 1 is 1.50 bits per heavy atom. The zero-order valence-electron chi connectivity index (χ0n) is 10.7. The molecule has 2 rings (SSSR count). The molecular formula is C12H16BrN5. The first-order valence-corrected chi connectivity index (χ1v) is 6.57. The maximum atomic E-state index is 4.22. The molecular weight excluding hydrogens is 294 g/mol. The summed E-state index contributed by atoms with van der Waals surface area (Å²) in [6, 6.07) is 1.96. The molecule has 1 atom stereocenters. The van der Waals surface area contributed by atoms with E-state index >= 15 is 0 Å². The number of nitrogens with zero attached hydrogens (tertiary/aromatic N) is 4. The third-order valence-corrected chi connectivity index (χ3v) is 3.85. The van der Waals surface area contributed by atoms with Crippen molar-refractivity contribution < 1.29 is 0 Å². The van der Waals surface area contributed by atoms with Crippen LogP contribution in [0.2, 0.25) is 0 Å². The van der Waals surface area contributed by atoms with Crippen molar-refractivity contribution in [3.8, 4) is 0 Å². The van der Waals surface area contributed by atoms with Gasteiger partial charge < -0.3 is 9.88 Å². The summed E-state index contributed by atoms with van der Waals surface area (Å²) in [7, 11) is 1.96. The van der Waals surface area contributed by atoms with Crippen LogP contribution in [0.1, 0.15) is 24.4 Å². The Morgan fingerprint density at radius 2 is 2.28 bits per heavy atom. The van der Waals surface area contributed by atoms with E-state index < -0.39 is 0 Å². The first kappa shape index (κ1) is 13.0. The van der Waals surface area contributed by atoms with Gasteiger partial charge in [-0.15, -0.1) is 10.2 Å². The van der Waals surface area contributed by atoms with Crippen LogP contribution in [0.15, 0.2) is 23.1 Å². The monoisotopic (exact) mass is 309 g/mol. The molecule has 2 heterocycles. The molecule has 0 spiro atoms. The van der Waals surface area contributed by atoms with Gasteiger partial charge in [0.2, 0.25) is 0 Å². The molecule has 0 bridgehead atoms. The summed E-state index contributed by atoms with van der Waals surface area (Å²) >= 11 is 3.54. The topological polar surface area (TPSA) is 55.6 Å². The first-order valence-electron chi connectivity index (χ1n) is 5.78. The predicted octanol–water partition coefficient (Wildman–Crippen LogP) is 2.50. The number of hydrogen-bond acceptors (Lipinski definition) is 4. The maximum Gasteiger partial charge on any atom is 0.137 e. The summed E-state index contributed by atoms with van der Waals surface area (Å²) in [5, 5.41) is 11.4. The number of nitrogens with one attached hydrogen (secondary N) is 1. The summed E-state index contributed by atoms with van der Waals surface area (Å²) in [6.45, 7) is 4.90. The van der Waals surface area contributed by atoms with Gasteiger partial charge in [-0.2, -0.15) is 0 Å². The normalized spacial score (nSPS) is 12.4. The summed E-state index contributed by atoms with van der Waals surface area (Å²) < 4.78 is 2.95. The lowest BCUT2D eigenvalue weighted by molar-refractivity contribution is 0.681. The highest BCUT2D eigenvalue weighted by Crippen LogP contribution is 2.24. The van der Waals surface area contributed by atoms with E-state index in [1.54, 1.807) is 12.5 Å². The lowest BCUT2D eigenvalue weighted by Crippen LogP contribution is -2.14. The van der Waals surface area contributed by atoms with E-state index in [0.717, 1.165) is 28.2 Å². The SMILES string of the molecule is Cc1nccc(NCC(C)c2nncn2C)c1Br. The Labute approximate surface area is 115 Å². The average molecular weight is 310 g/mol. The molecule has 0 amide bonds. The standard InChI is InChI=1S/C12H16BrN5/c1-8(12-17-16-7-18(12)3)6-15-10-4-5-14-9(2)11(10)13/h4-5,7-8H,6H2,1-3H3,(H,14,15). The Bertz CT molecular complexity index is 537. The van der Waals surface area contributed by atoms with Crippen LogP contribution in [0.5, 0.6) is 0 Å². The molecule has 0 saturated heterocycles. The van der Waals surface area contributed by atoms with Gasteiger partial charge in [-0.25, -0.2) is 0 Å². The Kier molecular flexibility index (Phi) is 3.96. The molecule has 2 aromatic heterocycles. The molecule has 0 aliphatic rings. The highest BCUT2D eigenvalue weighted by atomic mass is 79.9. The van der Waals surface area contributed by atoms with Crippen LogP contribution in [0, 0.1) is 6.92 Å². The second-order valence-corrected chi connectivity index (χ2v) is 5.13. The molecule has 18 heavy (non-hydrogen) atoms. The number of rotatable bonds is 4. The van der Waals surface area contributed by atoms with Crippen molar-refractivity contribution in [2.75, 3.05) is 11.9 Å². The van der Waals surface area contributed by atoms with E-state index in [1.165, 1.54) is 0 Å². The van der Waals surface area contributed by atoms with Crippen molar-refractivity contribution in [3.05, 3.63) is 34.6 Å². The van der Waals surface area contributed by atoms with Crippen molar-refractivity contribution in [1.29, 1.82) is 0 Å². The van der Waals surface area contributed by atoms with E-state index in [4.69, 9.17) is 0 Å². The number of aryl methyl sites for hydroxylation is 2. The summed E-state index contributed by atoms with van der Waals surface area (Å²) in [4.78, 5) is 4.22. The van der Waals surface area contributed by atoms with Gasteiger partial charge in [0.25, 0.3) is 0 Å². The number of halogens is 1. The second-order valence-electron chi connectivity index (χ2n) is 4.34.